The Balaban J connectivity index is 1.82. The molecule has 0 amide bonds. The molecule has 4 heteroatoms. The van der Waals surface area contributed by atoms with Gasteiger partial charge in [0.15, 0.2) is 0 Å². The fraction of sp³-hybridized carbons (Fsp3) is 0.917. The summed E-state index contributed by atoms with van der Waals surface area (Å²) in [5, 5.41) is 0. The summed E-state index contributed by atoms with van der Waals surface area (Å²) in [5.41, 5.74) is 5.79. The molecule has 1 aliphatic carbocycles. The topological polar surface area (TPSA) is 61.5 Å². The van der Waals surface area contributed by atoms with E-state index in [2.05, 4.69) is 6.92 Å². The summed E-state index contributed by atoms with van der Waals surface area (Å²) in [7, 11) is 0. The van der Waals surface area contributed by atoms with Crippen LogP contribution < -0.4 is 5.73 Å². The Labute approximate surface area is 96.5 Å². The Morgan fingerprint density at radius 1 is 1.38 bits per heavy atom. The van der Waals surface area contributed by atoms with Gasteiger partial charge in [0, 0.05) is 6.04 Å². The van der Waals surface area contributed by atoms with Gasteiger partial charge in [-0.1, -0.05) is 13.3 Å². The van der Waals surface area contributed by atoms with Crippen molar-refractivity contribution < 1.29 is 14.3 Å². The molecule has 4 atom stereocenters. The average Bonchev–Trinajstić information content (AvgIpc) is 2.64. The summed E-state index contributed by atoms with van der Waals surface area (Å²) in [4.78, 5) is 11.8. The lowest BCUT2D eigenvalue weighted by Gasteiger charge is -2.27. The predicted octanol–water partition coefficient (Wildman–Crippen LogP) is 1.08. The number of hydrogen-bond donors (Lipinski definition) is 1. The fourth-order valence-corrected chi connectivity index (χ4v) is 2.55. The van der Waals surface area contributed by atoms with E-state index >= 15 is 0 Å². The number of esters is 1. The quantitative estimate of drug-likeness (QED) is 0.717. The van der Waals surface area contributed by atoms with E-state index < -0.39 is 0 Å². The van der Waals surface area contributed by atoms with Crippen molar-refractivity contribution in [2.75, 3.05) is 13.2 Å². The molecular weight excluding hydrogens is 206 g/mol. The van der Waals surface area contributed by atoms with Crippen LogP contribution in [0.25, 0.3) is 0 Å². The molecule has 1 saturated heterocycles. The fourth-order valence-electron chi connectivity index (χ4n) is 2.55. The van der Waals surface area contributed by atoms with Crippen LogP contribution in [-0.2, 0) is 14.3 Å². The highest BCUT2D eigenvalue weighted by Gasteiger charge is 2.34. The Morgan fingerprint density at radius 2 is 2.19 bits per heavy atom. The van der Waals surface area contributed by atoms with Gasteiger partial charge >= 0.3 is 5.97 Å². The molecule has 0 aromatic rings. The van der Waals surface area contributed by atoms with Gasteiger partial charge in [-0.25, -0.2) is 0 Å². The largest absolute Gasteiger partial charge is 0.462 e. The van der Waals surface area contributed by atoms with Crippen molar-refractivity contribution in [2.24, 2.45) is 17.6 Å². The molecule has 2 N–H and O–H groups in total. The normalized spacial score (nSPS) is 39.6. The lowest BCUT2D eigenvalue weighted by atomic mass is 9.88. The van der Waals surface area contributed by atoms with Gasteiger partial charge < -0.3 is 15.2 Å². The second-order valence-electron chi connectivity index (χ2n) is 5.14. The average molecular weight is 227 g/mol. The molecule has 0 spiro atoms. The summed E-state index contributed by atoms with van der Waals surface area (Å²) in [6.07, 6.45) is 4.50. The first-order valence-corrected chi connectivity index (χ1v) is 6.20. The van der Waals surface area contributed by atoms with Crippen LogP contribution in [0, 0.1) is 11.8 Å². The molecule has 0 radical (unpaired) electrons. The van der Waals surface area contributed by atoms with Crippen molar-refractivity contribution in [3.8, 4) is 0 Å². The lowest BCUT2D eigenvalue weighted by molar-refractivity contribution is -0.156. The minimum atomic E-state index is -0.253. The molecule has 1 heterocycles. The summed E-state index contributed by atoms with van der Waals surface area (Å²) >= 11 is 0. The second-order valence-corrected chi connectivity index (χ2v) is 5.14. The van der Waals surface area contributed by atoms with Crippen molar-refractivity contribution in [2.45, 2.75) is 44.8 Å². The first-order chi connectivity index (χ1) is 7.66. The van der Waals surface area contributed by atoms with E-state index in [-0.39, 0.29) is 24.0 Å². The van der Waals surface area contributed by atoms with E-state index in [1.807, 2.05) is 0 Å². The second kappa shape index (κ2) is 5.15. The van der Waals surface area contributed by atoms with Crippen molar-refractivity contribution in [3.05, 3.63) is 0 Å². The van der Waals surface area contributed by atoms with Crippen LogP contribution in [0.4, 0.5) is 0 Å². The molecule has 0 aromatic heterocycles. The SMILES string of the molecule is CC1CCCC(OC(=O)C2COCC2N)C1. The number of ether oxygens (including phenoxy) is 2. The highest BCUT2D eigenvalue weighted by Crippen LogP contribution is 2.27. The number of nitrogens with two attached hydrogens (primary N) is 1. The molecular formula is C12H21NO3. The Morgan fingerprint density at radius 3 is 2.81 bits per heavy atom. The van der Waals surface area contributed by atoms with E-state index in [4.69, 9.17) is 15.2 Å². The van der Waals surface area contributed by atoms with Crippen LogP contribution in [0.1, 0.15) is 32.6 Å². The van der Waals surface area contributed by atoms with Crippen molar-refractivity contribution in [3.63, 3.8) is 0 Å². The number of rotatable bonds is 2. The van der Waals surface area contributed by atoms with E-state index in [0.717, 1.165) is 19.3 Å². The predicted molar refractivity (Wildman–Crippen MR) is 59.8 cm³/mol. The monoisotopic (exact) mass is 227 g/mol. The minimum absolute atomic E-state index is 0.101. The summed E-state index contributed by atoms with van der Waals surface area (Å²) in [5.74, 6) is 0.251. The Bertz CT molecular complexity index is 257. The molecule has 0 bridgehead atoms. The van der Waals surface area contributed by atoms with Gasteiger partial charge in [0.25, 0.3) is 0 Å². The van der Waals surface area contributed by atoms with Crippen LogP contribution in [-0.4, -0.2) is 31.3 Å². The molecule has 1 aliphatic heterocycles. The molecule has 1 saturated carbocycles. The van der Waals surface area contributed by atoms with Crippen LogP contribution in [0.2, 0.25) is 0 Å². The van der Waals surface area contributed by atoms with Gasteiger partial charge in [0.2, 0.25) is 0 Å². The van der Waals surface area contributed by atoms with E-state index in [1.54, 1.807) is 0 Å². The maximum absolute atomic E-state index is 11.8. The van der Waals surface area contributed by atoms with Gasteiger partial charge in [-0.15, -0.1) is 0 Å². The van der Waals surface area contributed by atoms with Gasteiger partial charge in [-0.2, -0.15) is 0 Å². The number of carbonyl (C=O) groups excluding carboxylic acids is 1. The molecule has 0 aromatic carbocycles. The maximum atomic E-state index is 11.8. The third-order valence-electron chi connectivity index (χ3n) is 3.60. The number of carbonyl (C=O) groups is 1. The molecule has 4 unspecified atom stereocenters. The molecule has 2 aliphatic rings. The third kappa shape index (κ3) is 2.74. The van der Waals surface area contributed by atoms with Crippen LogP contribution >= 0.6 is 0 Å². The smallest absolute Gasteiger partial charge is 0.313 e. The van der Waals surface area contributed by atoms with E-state index in [1.165, 1.54) is 6.42 Å². The van der Waals surface area contributed by atoms with Gasteiger partial charge in [-0.3, -0.25) is 4.79 Å². The summed E-state index contributed by atoms with van der Waals surface area (Å²) in [6.45, 7) is 3.10. The maximum Gasteiger partial charge on any atom is 0.313 e. The standard InChI is InChI=1S/C12H21NO3/c1-8-3-2-4-9(5-8)16-12(14)10-6-15-7-11(10)13/h8-11H,2-7,13H2,1H3. The van der Waals surface area contributed by atoms with Crippen molar-refractivity contribution in [1.29, 1.82) is 0 Å². The first kappa shape index (κ1) is 11.9. The Hall–Kier alpha value is -0.610. The van der Waals surface area contributed by atoms with E-state index in [9.17, 15) is 4.79 Å². The highest BCUT2D eigenvalue weighted by molar-refractivity contribution is 5.74. The van der Waals surface area contributed by atoms with Gasteiger partial charge in [-0.05, 0) is 25.2 Å². The highest BCUT2D eigenvalue weighted by atomic mass is 16.5. The zero-order valence-corrected chi connectivity index (χ0v) is 9.85. The Kier molecular flexibility index (Phi) is 3.82. The van der Waals surface area contributed by atoms with Crippen molar-refractivity contribution in [1.82, 2.24) is 0 Å². The first-order valence-electron chi connectivity index (χ1n) is 6.20. The molecule has 4 nitrogen and oxygen atoms in total. The zero-order chi connectivity index (χ0) is 11.5. The molecule has 2 rings (SSSR count). The van der Waals surface area contributed by atoms with Crippen LogP contribution in [0.15, 0.2) is 0 Å². The van der Waals surface area contributed by atoms with Gasteiger partial charge in [0.1, 0.15) is 6.10 Å². The molecule has 16 heavy (non-hydrogen) atoms. The van der Waals surface area contributed by atoms with E-state index in [0.29, 0.717) is 19.1 Å². The third-order valence-corrected chi connectivity index (χ3v) is 3.60. The molecule has 92 valence electrons. The van der Waals surface area contributed by atoms with Crippen molar-refractivity contribution >= 4 is 5.97 Å². The summed E-state index contributed by atoms with van der Waals surface area (Å²) in [6, 6.07) is -0.187. The molecule has 2 fully saturated rings. The van der Waals surface area contributed by atoms with Gasteiger partial charge in [0.05, 0.1) is 19.1 Å². The lowest BCUT2D eigenvalue weighted by Crippen LogP contribution is -2.37. The zero-order valence-electron chi connectivity index (χ0n) is 9.85. The van der Waals surface area contributed by atoms with Crippen LogP contribution in [0.3, 0.4) is 0 Å². The minimum Gasteiger partial charge on any atom is -0.462 e. The van der Waals surface area contributed by atoms with Crippen LogP contribution in [0.5, 0.6) is 0 Å². The number of hydrogen-bond acceptors (Lipinski definition) is 4. The summed E-state index contributed by atoms with van der Waals surface area (Å²) < 4.78 is 10.7.